The van der Waals surface area contributed by atoms with E-state index in [4.69, 9.17) is 5.73 Å². The number of pyridine rings is 1. The number of hydrogen-bond donors (Lipinski definition) is 2. The summed E-state index contributed by atoms with van der Waals surface area (Å²) in [6, 6.07) is 8.51. The minimum absolute atomic E-state index is 0.0000122. The molecule has 3 N–H and O–H groups in total. The van der Waals surface area contributed by atoms with Crippen LogP contribution in [0.2, 0.25) is 0 Å². The van der Waals surface area contributed by atoms with Crippen molar-refractivity contribution in [3.8, 4) is 11.1 Å². The summed E-state index contributed by atoms with van der Waals surface area (Å²) in [6.45, 7) is -0.593. The van der Waals surface area contributed by atoms with Gasteiger partial charge >= 0.3 is 6.18 Å². The maximum absolute atomic E-state index is 14.2. The van der Waals surface area contributed by atoms with Crippen LogP contribution < -0.4 is 11.1 Å². The first-order chi connectivity index (χ1) is 21.4. The highest BCUT2D eigenvalue weighted by atomic mass is 19.4. The van der Waals surface area contributed by atoms with Gasteiger partial charge in [-0.3, -0.25) is 19.3 Å². The maximum Gasteiger partial charge on any atom is 0.435 e. The molecule has 0 aliphatic heterocycles. The molecular formula is C32H27F6N5O2. The fraction of sp³-hybridized carbons (Fsp3) is 0.250. The fourth-order valence-electron chi connectivity index (χ4n) is 5.50. The van der Waals surface area contributed by atoms with E-state index in [1.54, 1.807) is 12.1 Å². The largest absolute Gasteiger partial charge is 0.435 e. The Morgan fingerprint density at radius 2 is 1.80 bits per heavy atom. The van der Waals surface area contributed by atoms with Crippen LogP contribution in [0.25, 0.3) is 11.1 Å². The quantitative estimate of drug-likeness (QED) is 0.166. The van der Waals surface area contributed by atoms with E-state index in [0.29, 0.717) is 36.5 Å². The first-order valence-corrected chi connectivity index (χ1v) is 14.0. The Balaban J connectivity index is 1.49. The second-order valence-corrected chi connectivity index (χ2v) is 10.7. The molecule has 4 aromatic rings. The van der Waals surface area contributed by atoms with Crippen LogP contribution in [0.5, 0.6) is 0 Å². The highest BCUT2D eigenvalue weighted by molar-refractivity contribution is 5.94. The van der Waals surface area contributed by atoms with Gasteiger partial charge in [0.15, 0.2) is 5.69 Å². The van der Waals surface area contributed by atoms with Gasteiger partial charge in [-0.25, -0.2) is 13.2 Å². The normalized spacial score (nSPS) is 15.6. The fourth-order valence-corrected chi connectivity index (χ4v) is 5.50. The summed E-state index contributed by atoms with van der Waals surface area (Å²) in [4.78, 5) is 29.5. The number of hydrogen-bond acceptors (Lipinski definition) is 4. The van der Waals surface area contributed by atoms with Crippen LogP contribution in [0.15, 0.2) is 73.1 Å². The summed E-state index contributed by atoms with van der Waals surface area (Å²) in [5.74, 6) is -4.74. The topological polar surface area (TPSA) is 103 Å². The van der Waals surface area contributed by atoms with Crippen molar-refractivity contribution in [2.75, 3.05) is 0 Å². The molecule has 234 valence electrons. The van der Waals surface area contributed by atoms with Crippen molar-refractivity contribution in [1.82, 2.24) is 20.1 Å². The summed E-state index contributed by atoms with van der Waals surface area (Å²) in [6.07, 6.45) is 2.97. The number of primary amides is 1. The average Bonchev–Trinajstić information content (AvgIpc) is 3.41. The number of amides is 2. The molecule has 7 nitrogen and oxygen atoms in total. The molecule has 5 rings (SSSR count). The monoisotopic (exact) mass is 627 g/mol. The molecular weight excluding hydrogens is 600 g/mol. The number of nitrogens with two attached hydrogens (primary N) is 1. The lowest BCUT2D eigenvalue weighted by atomic mass is 9.88. The van der Waals surface area contributed by atoms with Gasteiger partial charge in [-0.15, -0.1) is 0 Å². The Morgan fingerprint density at radius 3 is 2.47 bits per heavy atom. The lowest BCUT2D eigenvalue weighted by molar-refractivity contribution is -0.142. The van der Waals surface area contributed by atoms with E-state index in [0.717, 1.165) is 22.9 Å². The smallest absolute Gasteiger partial charge is 0.366 e. The third-order valence-corrected chi connectivity index (χ3v) is 7.48. The predicted molar refractivity (Wildman–Crippen MR) is 152 cm³/mol. The van der Waals surface area contributed by atoms with Crippen LogP contribution in [-0.4, -0.2) is 26.6 Å². The lowest BCUT2D eigenvalue weighted by Gasteiger charge is -2.22. The van der Waals surface area contributed by atoms with Crippen molar-refractivity contribution in [1.29, 1.82) is 0 Å². The van der Waals surface area contributed by atoms with E-state index in [9.17, 15) is 35.9 Å². The van der Waals surface area contributed by atoms with Crippen molar-refractivity contribution < 1.29 is 35.9 Å². The SMILES string of the molecule is NC(=O)c1cc(-c2cccnc2C(Cc2cc(F)cc(F)c2)NC(=O)Cn2cc(C3CC=CCC3)c(C(F)(F)F)n2)ccc1F. The van der Waals surface area contributed by atoms with Gasteiger partial charge in [0, 0.05) is 29.6 Å². The number of halogens is 6. The first kappa shape index (κ1) is 31.5. The molecule has 0 spiro atoms. The number of benzene rings is 2. The van der Waals surface area contributed by atoms with Crippen LogP contribution in [0.1, 0.15) is 64.1 Å². The summed E-state index contributed by atoms with van der Waals surface area (Å²) in [5.41, 5.74) is 4.85. The van der Waals surface area contributed by atoms with Crippen LogP contribution in [0.4, 0.5) is 26.3 Å². The van der Waals surface area contributed by atoms with Crippen LogP contribution in [0, 0.1) is 17.5 Å². The Morgan fingerprint density at radius 1 is 1.04 bits per heavy atom. The van der Waals surface area contributed by atoms with Gasteiger partial charge in [-0.05, 0) is 73.1 Å². The van der Waals surface area contributed by atoms with Gasteiger partial charge in [-0.1, -0.05) is 24.3 Å². The van der Waals surface area contributed by atoms with Gasteiger partial charge in [-0.2, -0.15) is 18.3 Å². The zero-order valence-corrected chi connectivity index (χ0v) is 23.6. The third kappa shape index (κ3) is 7.41. The number of alkyl halides is 3. The molecule has 0 bridgehead atoms. The molecule has 0 radical (unpaired) electrons. The number of nitrogens with zero attached hydrogens (tertiary/aromatic N) is 3. The number of rotatable bonds is 9. The van der Waals surface area contributed by atoms with E-state index >= 15 is 0 Å². The predicted octanol–water partition coefficient (Wildman–Crippen LogP) is 6.40. The minimum atomic E-state index is -4.73. The highest BCUT2D eigenvalue weighted by Gasteiger charge is 2.39. The van der Waals surface area contributed by atoms with E-state index in [-0.39, 0.29) is 23.2 Å². The van der Waals surface area contributed by atoms with Crippen molar-refractivity contribution in [2.45, 2.75) is 50.4 Å². The molecule has 2 unspecified atom stereocenters. The maximum atomic E-state index is 14.2. The van der Waals surface area contributed by atoms with Gasteiger partial charge in [0.2, 0.25) is 5.91 Å². The molecule has 2 aromatic heterocycles. The molecule has 0 saturated carbocycles. The Hall–Kier alpha value is -4.94. The minimum Gasteiger partial charge on any atom is -0.366 e. The average molecular weight is 628 g/mol. The van der Waals surface area contributed by atoms with Gasteiger partial charge in [0.25, 0.3) is 5.91 Å². The van der Waals surface area contributed by atoms with E-state index < -0.39 is 65.2 Å². The van der Waals surface area contributed by atoms with Crippen LogP contribution in [0.3, 0.4) is 0 Å². The highest BCUT2D eigenvalue weighted by Crippen LogP contribution is 2.38. The second kappa shape index (κ2) is 13.0. The molecule has 1 aliphatic carbocycles. The van der Waals surface area contributed by atoms with E-state index in [2.05, 4.69) is 15.4 Å². The van der Waals surface area contributed by atoms with E-state index in [1.807, 2.05) is 12.2 Å². The zero-order chi connectivity index (χ0) is 32.3. The van der Waals surface area contributed by atoms with Crippen molar-refractivity contribution >= 4 is 11.8 Å². The summed E-state index contributed by atoms with van der Waals surface area (Å²) < 4.78 is 85.0. The van der Waals surface area contributed by atoms with Gasteiger partial charge in [0.1, 0.15) is 24.0 Å². The number of nitrogens with one attached hydrogen (secondary N) is 1. The number of aromatic nitrogens is 3. The first-order valence-electron chi connectivity index (χ1n) is 14.0. The summed E-state index contributed by atoms with van der Waals surface area (Å²) in [7, 11) is 0. The number of allylic oxidation sites excluding steroid dienone is 2. The summed E-state index contributed by atoms with van der Waals surface area (Å²) in [5, 5.41) is 6.41. The molecule has 2 heterocycles. The lowest BCUT2D eigenvalue weighted by Crippen LogP contribution is -2.34. The molecule has 0 fully saturated rings. The standard InChI is InChI=1S/C32H27F6N5O2/c33-21-11-18(12-22(34)15-21)13-27(29-23(7-4-10-40-29)20-8-9-26(35)24(14-20)31(39)45)41-28(44)17-43-16-25(19-5-2-1-3-6-19)30(42-43)32(36,37)38/h1-2,4,7-12,14-16,19,27H,3,5-6,13,17H2,(H2,39,45)(H,41,44). The second-order valence-electron chi connectivity index (χ2n) is 10.7. The van der Waals surface area contributed by atoms with E-state index in [1.165, 1.54) is 24.5 Å². The Bertz CT molecular complexity index is 1750. The van der Waals surface area contributed by atoms with Crippen LogP contribution >= 0.6 is 0 Å². The molecule has 45 heavy (non-hydrogen) atoms. The number of carbonyl (C=O) groups is 2. The Kier molecular flexibility index (Phi) is 9.07. The van der Waals surface area contributed by atoms with Crippen molar-refractivity contribution in [3.63, 3.8) is 0 Å². The third-order valence-electron chi connectivity index (χ3n) is 7.48. The molecule has 2 aromatic carbocycles. The zero-order valence-electron chi connectivity index (χ0n) is 23.6. The molecule has 1 aliphatic rings. The van der Waals surface area contributed by atoms with Crippen molar-refractivity contribution in [3.05, 3.63) is 119 Å². The summed E-state index contributed by atoms with van der Waals surface area (Å²) >= 11 is 0. The molecule has 2 atom stereocenters. The van der Waals surface area contributed by atoms with Gasteiger partial charge in [0.05, 0.1) is 17.3 Å². The Labute approximate surface area is 253 Å². The van der Waals surface area contributed by atoms with Gasteiger partial charge < -0.3 is 11.1 Å². The molecule has 13 heteroatoms. The number of carbonyl (C=O) groups excluding carboxylic acids is 2. The van der Waals surface area contributed by atoms with Crippen molar-refractivity contribution in [2.24, 2.45) is 5.73 Å². The molecule has 2 amide bonds. The molecule has 0 saturated heterocycles. The van der Waals surface area contributed by atoms with Crippen LogP contribution in [-0.2, 0) is 23.9 Å².